The molecule has 0 radical (unpaired) electrons. The number of ether oxygens (including phenoxy) is 1. The smallest absolute Gasteiger partial charge is 0.256 e. The first kappa shape index (κ1) is 19.0. The van der Waals surface area contributed by atoms with Gasteiger partial charge < -0.3 is 20.4 Å². The summed E-state index contributed by atoms with van der Waals surface area (Å²) >= 11 is 0. The minimum Gasteiger partial charge on any atom is -0.489 e. The van der Waals surface area contributed by atoms with Crippen LogP contribution in [0.5, 0.6) is 5.75 Å². The summed E-state index contributed by atoms with van der Waals surface area (Å²) in [6, 6.07) is 11.8. The van der Waals surface area contributed by atoms with E-state index < -0.39 is 11.4 Å². The van der Waals surface area contributed by atoms with Crippen molar-refractivity contribution in [2.75, 3.05) is 31.1 Å². The topological polar surface area (TPSA) is 95.1 Å². The summed E-state index contributed by atoms with van der Waals surface area (Å²) in [5, 5.41) is 10.4. The van der Waals surface area contributed by atoms with Crippen LogP contribution in [0, 0.1) is 17.1 Å². The molecule has 0 amide bonds. The zero-order valence-electron chi connectivity index (χ0n) is 15.9. The fourth-order valence-electron chi connectivity index (χ4n) is 3.80. The fraction of sp³-hybridized carbons (Fsp3) is 0.273. The molecule has 1 saturated heterocycles. The lowest BCUT2D eigenvalue weighted by Crippen LogP contribution is -2.19. The summed E-state index contributed by atoms with van der Waals surface area (Å²) in [6.45, 7) is 2.38. The van der Waals surface area contributed by atoms with Crippen molar-refractivity contribution in [1.29, 1.82) is 5.26 Å². The van der Waals surface area contributed by atoms with Crippen LogP contribution in [0.4, 0.5) is 10.1 Å². The van der Waals surface area contributed by atoms with Gasteiger partial charge in [-0.15, -0.1) is 0 Å². The predicted octanol–water partition coefficient (Wildman–Crippen LogP) is 3.14. The number of nitriles is 1. The lowest BCUT2D eigenvalue weighted by molar-refractivity contribution is 0.332. The molecule has 4 rings (SSSR count). The van der Waals surface area contributed by atoms with E-state index in [1.807, 2.05) is 12.1 Å². The molecule has 1 aliphatic heterocycles. The third-order valence-electron chi connectivity index (χ3n) is 5.15. The molecule has 29 heavy (non-hydrogen) atoms. The number of rotatable bonds is 5. The Morgan fingerprint density at radius 2 is 1.97 bits per heavy atom. The van der Waals surface area contributed by atoms with E-state index in [1.165, 1.54) is 18.2 Å². The number of aromatic amines is 1. The van der Waals surface area contributed by atoms with Crippen LogP contribution in [0.15, 0.2) is 41.2 Å². The van der Waals surface area contributed by atoms with Gasteiger partial charge in [0.2, 0.25) is 0 Å². The molecule has 7 heteroatoms. The van der Waals surface area contributed by atoms with Gasteiger partial charge in [-0.25, -0.2) is 4.39 Å². The van der Waals surface area contributed by atoms with Crippen molar-refractivity contribution >= 4 is 16.5 Å². The van der Waals surface area contributed by atoms with Gasteiger partial charge in [0.1, 0.15) is 18.5 Å². The van der Waals surface area contributed by atoms with E-state index in [1.54, 1.807) is 6.07 Å². The van der Waals surface area contributed by atoms with Crippen LogP contribution >= 0.6 is 0 Å². The molecule has 0 aliphatic carbocycles. The first-order valence-corrected chi connectivity index (χ1v) is 9.60. The third-order valence-corrected chi connectivity index (χ3v) is 5.15. The Bertz CT molecular complexity index is 1160. The number of H-pyrrole nitrogens is 1. The Kier molecular flexibility index (Phi) is 5.19. The molecule has 0 saturated carbocycles. The van der Waals surface area contributed by atoms with Gasteiger partial charge in [0, 0.05) is 30.6 Å². The van der Waals surface area contributed by atoms with Gasteiger partial charge in [-0.05, 0) is 43.2 Å². The van der Waals surface area contributed by atoms with E-state index >= 15 is 0 Å². The summed E-state index contributed by atoms with van der Waals surface area (Å²) in [5.74, 6) is -0.0786. The monoisotopic (exact) mass is 392 g/mol. The summed E-state index contributed by atoms with van der Waals surface area (Å²) in [7, 11) is 0. The average molecular weight is 392 g/mol. The van der Waals surface area contributed by atoms with Crippen molar-refractivity contribution in [1.82, 2.24) is 4.98 Å². The normalized spacial score (nSPS) is 13.6. The van der Waals surface area contributed by atoms with Crippen molar-refractivity contribution in [3.8, 4) is 23.1 Å². The lowest BCUT2D eigenvalue weighted by Gasteiger charge is -2.20. The number of halogens is 1. The Hall–Kier alpha value is -3.37. The van der Waals surface area contributed by atoms with E-state index in [0.717, 1.165) is 31.6 Å². The van der Waals surface area contributed by atoms with Crippen LogP contribution in [-0.4, -0.2) is 31.2 Å². The predicted molar refractivity (Wildman–Crippen MR) is 111 cm³/mol. The number of hydrogen-bond acceptors (Lipinski definition) is 5. The van der Waals surface area contributed by atoms with E-state index in [4.69, 9.17) is 10.5 Å². The highest BCUT2D eigenvalue weighted by molar-refractivity contribution is 5.93. The molecule has 2 aromatic carbocycles. The Balaban J connectivity index is 1.89. The number of nitrogens with one attached hydrogen (secondary N) is 1. The van der Waals surface area contributed by atoms with Gasteiger partial charge in [0.25, 0.3) is 5.56 Å². The van der Waals surface area contributed by atoms with Crippen LogP contribution in [0.25, 0.3) is 22.0 Å². The number of nitrogens with zero attached hydrogens (tertiary/aromatic N) is 2. The molecule has 0 bridgehead atoms. The molecule has 0 unspecified atom stereocenters. The zero-order chi connectivity index (χ0) is 20.4. The van der Waals surface area contributed by atoms with Gasteiger partial charge in [0.15, 0.2) is 5.75 Å². The number of aromatic nitrogens is 1. The second-order valence-electron chi connectivity index (χ2n) is 7.02. The molecule has 1 aliphatic rings. The largest absolute Gasteiger partial charge is 0.489 e. The van der Waals surface area contributed by atoms with Crippen molar-refractivity contribution in [2.24, 2.45) is 5.73 Å². The highest BCUT2D eigenvalue weighted by atomic mass is 19.1. The minimum atomic E-state index is -0.498. The molecule has 148 valence electrons. The minimum absolute atomic E-state index is 0.204. The maximum absolute atomic E-state index is 13.7. The number of benzene rings is 2. The van der Waals surface area contributed by atoms with E-state index in [-0.39, 0.29) is 12.0 Å². The molecule has 0 spiro atoms. The Morgan fingerprint density at radius 3 is 2.69 bits per heavy atom. The standard InChI is InChI=1S/C22H21FN4O2/c23-16-4-5-17-18(12-16)22(28)26-20(21(17)29-10-7-24)14-3-6-19(15(11-14)13-25)27-8-1-2-9-27/h3-6,11-12H,1-2,7-10,24H2,(H,26,28). The first-order chi connectivity index (χ1) is 14.1. The van der Waals surface area contributed by atoms with Crippen LogP contribution in [-0.2, 0) is 0 Å². The number of anilines is 1. The van der Waals surface area contributed by atoms with Gasteiger partial charge >= 0.3 is 0 Å². The molecule has 2 heterocycles. The second kappa shape index (κ2) is 7.94. The Morgan fingerprint density at radius 1 is 1.17 bits per heavy atom. The van der Waals surface area contributed by atoms with Crippen molar-refractivity contribution in [3.63, 3.8) is 0 Å². The van der Waals surface area contributed by atoms with Gasteiger partial charge in [0.05, 0.1) is 22.3 Å². The van der Waals surface area contributed by atoms with Crippen LogP contribution in [0.1, 0.15) is 18.4 Å². The van der Waals surface area contributed by atoms with Crippen molar-refractivity contribution in [3.05, 3.63) is 58.1 Å². The fourth-order valence-corrected chi connectivity index (χ4v) is 3.80. The summed E-state index contributed by atoms with van der Waals surface area (Å²) in [6.07, 6.45) is 2.22. The molecule has 3 N–H and O–H groups in total. The van der Waals surface area contributed by atoms with E-state index in [2.05, 4.69) is 16.0 Å². The van der Waals surface area contributed by atoms with Crippen LogP contribution in [0.2, 0.25) is 0 Å². The highest BCUT2D eigenvalue weighted by Crippen LogP contribution is 2.36. The van der Waals surface area contributed by atoms with Crippen LogP contribution in [0.3, 0.4) is 0 Å². The first-order valence-electron chi connectivity index (χ1n) is 9.60. The molecular weight excluding hydrogens is 371 g/mol. The SMILES string of the molecule is N#Cc1cc(-c2[nH]c(=O)c3cc(F)ccc3c2OCCN)ccc1N1CCCC1. The zero-order valence-corrected chi connectivity index (χ0v) is 15.9. The quantitative estimate of drug-likeness (QED) is 0.696. The summed E-state index contributed by atoms with van der Waals surface area (Å²) in [4.78, 5) is 17.6. The average Bonchev–Trinajstić information content (AvgIpc) is 3.27. The third kappa shape index (κ3) is 3.55. The molecular formula is C22H21FN4O2. The molecule has 1 aromatic heterocycles. The number of pyridine rings is 1. The molecule has 1 fully saturated rings. The van der Waals surface area contributed by atoms with E-state index in [9.17, 15) is 14.4 Å². The second-order valence-corrected chi connectivity index (χ2v) is 7.02. The molecule has 0 atom stereocenters. The Labute approximate surface area is 167 Å². The van der Waals surface area contributed by atoms with Crippen molar-refractivity contribution < 1.29 is 9.13 Å². The summed E-state index contributed by atoms with van der Waals surface area (Å²) < 4.78 is 19.5. The molecule has 6 nitrogen and oxygen atoms in total. The van der Waals surface area contributed by atoms with Gasteiger partial charge in [-0.3, -0.25) is 4.79 Å². The van der Waals surface area contributed by atoms with Crippen molar-refractivity contribution in [2.45, 2.75) is 12.8 Å². The maximum Gasteiger partial charge on any atom is 0.256 e. The van der Waals surface area contributed by atoms with Crippen LogP contribution < -0.4 is 20.9 Å². The highest BCUT2D eigenvalue weighted by Gasteiger charge is 2.19. The molecule has 3 aromatic rings. The number of fused-ring (bicyclic) bond motifs is 1. The number of nitrogens with two attached hydrogens (primary N) is 1. The number of hydrogen-bond donors (Lipinski definition) is 2. The van der Waals surface area contributed by atoms with E-state index in [0.29, 0.717) is 34.5 Å². The lowest BCUT2D eigenvalue weighted by atomic mass is 10.0. The maximum atomic E-state index is 13.7. The van der Waals surface area contributed by atoms with Gasteiger partial charge in [-0.2, -0.15) is 5.26 Å². The van der Waals surface area contributed by atoms with Gasteiger partial charge in [-0.1, -0.05) is 6.07 Å². The summed E-state index contributed by atoms with van der Waals surface area (Å²) in [5.41, 5.74) is 7.71.